The van der Waals surface area contributed by atoms with E-state index in [2.05, 4.69) is 15.5 Å². The summed E-state index contributed by atoms with van der Waals surface area (Å²) < 4.78 is 10.8. The van der Waals surface area contributed by atoms with Crippen molar-refractivity contribution in [2.24, 2.45) is 0 Å². The molecule has 0 aliphatic heterocycles. The SMILES string of the molecule is COc1ccccc1-c1nnc(C(=O)NC(C)c2ccccc2)o1. The molecular formula is C18H17N3O3. The lowest BCUT2D eigenvalue weighted by molar-refractivity contribution is 0.0905. The highest BCUT2D eigenvalue weighted by atomic mass is 16.5. The maximum atomic E-state index is 12.3. The number of ether oxygens (including phenoxy) is 1. The minimum atomic E-state index is -0.417. The highest BCUT2D eigenvalue weighted by Gasteiger charge is 2.19. The molecule has 0 saturated carbocycles. The molecule has 2 aromatic carbocycles. The van der Waals surface area contributed by atoms with E-state index in [9.17, 15) is 4.79 Å². The summed E-state index contributed by atoms with van der Waals surface area (Å²) in [5, 5.41) is 10.6. The third-order valence-corrected chi connectivity index (χ3v) is 3.60. The fraction of sp³-hybridized carbons (Fsp3) is 0.167. The molecule has 3 aromatic rings. The van der Waals surface area contributed by atoms with Gasteiger partial charge in [-0.25, -0.2) is 0 Å². The van der Waals surface area contributed by atoms with Crippen molar-refractivity contribution in [3.05, 3.63) is 66.1 Å². The van der Waals surface area contributed by atoms with Crippen LogP contribution in [-0.4, -0.2) is 23.2 Å². The van der Waals surface area contributed by atoms with Gasteiger partial charge >= 0.3 is 11.8 Å². The molecule has 24 heavy (non-hydrogen) atoms. The Balaban J connectivity index is 1.77. The first-order chi connectivity index (χ1) is 11.7. The second-order valence-corrected chi connectivity index (χ2v) is 5.22. The number of carbonyl (C=O) groups excluding carboxylic acids is 1. The number of benzene rings is 2. The standard InChI is InChI=1S/C18H17N3O3/c1-12(13-8-4-3-5-9-13)19-16(22)18-21-20-17(24-18)14-10-6-7-11-15(14)23-2/h3-12H,1-2H3,(H,19,22). The molecule has 1 heterocycles. The molecule has 1 N–H and O–H groups in total. The molecule has 0 saturated heterocycles. The van der Waals surface area contributed by atoms with E-state index in [4.69, 9.17) is 9.15 Å². The second kappa shape index (κ2) is 6.95. The first-order valence-electron chi connectivity index (χ1n) is 7.51. The van der Waals surface area contributed by atoms with Crippen LogP contribution in [0.4, 0.5) is 0 Å². The van der Waals surface area contributed by atoms with E-state index >= 15 is 0 Å². The number of rotatable bonds is 5. The Labute approximate surface area is 139 Å². The number of carbonyl (C=O) groups is 1. The highest BCUT2D eigenvalue weighted by molar-refractivity contribution is 5.90. The molecule has 0 fully saturated rings. The molecular weight excluding hydrogens is 306 g/mol. The second-order valence-electron chi connectivity index (χ2n) is 5.22. The number of hydrogen-bond acceptors (Lipinski definition) is 5. The summed E-state index contributed by atoms with van der Waals surface area (Å²) in [6.45, 7) is 1.89. The summed E-state index contributed by atoms with van der Waals surface area (Å²) in [7, 11) is 1.56. The normalized spacial score (nSPS) is 11.8. The highest BCUT2D eigenvalue weighted by Crippen LogP contribution is 2.28. The molecule has 0 radical (unpaired) electrons. The van der Waals surface area contributed by atoms with Crippen LogP contribution in [0.3, 0.4) is 0 Å². The maximum absolute atomic E-state index is 12.3. The molecule has 0 bridgehead atoms. The van der Waals surface area contributed by atoms with E-state index in [1.165, 1.54) is 0 Å². The number of aromatic nitrogens is 2. The van der Waals surface area contributed by atoms with Crippen molar-refractivity contribution in [3.8, 4) is 17.2 Å². The van der Waals surface area contributed by atoms with Gasteiger partial charge in [-0.3, -0.25) is 4.79 Å². The van der Waals surface area contributed by atoms with Crippen molar-refractivity contribution in [2.75, 3.05) is 7.11 Å². The lowest BCUT2D eigenvalue weighted by Crippen LogP contribution is -2.26. The summed E-state index contributed by atoms with van der Waals surface area (Å²) in [6, 6.07) is 16.7. The van der Waals surface area contributed by atoms with E-state index in [0.29, 0.717) is 11.3 Å². The average molecular weight is 323 g/mol. The molecule has 6 heteroatoms. The van der Waals surface area contributed by atoms with Gasteiger partial charge in [0.05, 0.1) is 18.7 Å². The monoisotopic (exact) mass is 323 g/mol. The van der Waals surface area contributed by atoms with Gasteiger partial charge in [0.25, 0.3) is 5.89 Å². The van der Waals surface area contributed by atoms with Gasteiger partial charge in [-0.05, 0) is 24.6 Å². The topological polar surface area (TPSA) is 77.2 Å². The quantitative estimate of drug-likeness (QED) is 0.780. The zero-order valence-corrected chi connectivity index (χ0v) is 13.4. The van der Waals surface area contributed by atoms with Crippen molar-refractivity contribution in [1.82, 2.24) is 15.5 Å². The Morgan fingerprint density at radius 3 is 2.54 bits per heavy atom. The Morgan fingerprint density at radius 2 is 1.79 bits per heavy atom. The van der Waals surface area contributed by atoms with Gasteiger partial charge in [-0.2, -0.15) is 0 Å². The number of hydrogen-bond donors (Lipinski definition) is 1. The number of nitrogens with zero attached hydrogens (tertiary/aromatic N) is 2. The molecule has 122 valence electrons. The van der Waals surface area contributed by atoms with Gasteiger partial charge in [0.2, 0.25) is 0 Å². The van der Waals surface area contributed by atoms with Crippen LogP contribution in [0.25, 0.3) is 11.5 Å². The molecule has 3 rings (SSSR count). The van der Waals surface area contributed by atoms with E-state index in [-0.39, 0.29) is 17.8 Å². The van der Waals surface area contributed by atoms with Gasteiger partial charge in [0.1, 0.15) is 5.75 Å². The van der Waals surface area contributed by atoms with Crippen LogP contribution in [0.1, 0.15) is 29.2 Å². The maximum Gasteiger partial charge on any atom is 0.309 e. The van der Waals surface area contributed by atoms with Crippen LogP contribution in [0.2, 0.25) is 0 Å². The lowest BCUT2D eigenvalue weighted by atomic mass is 10.1. The summed E-state index contributed by atoms with van der Waals surface area (Å²) in [6.07, 6.45) is 0. The number of para-hydroxylation sites is 1. The van der Waals surface area contributed by atoms with Crippen LogP contribution in [0.5, 0.6) is 5.75 Å². The van der Waals surface area contributed by atoms with Crippen molar-refractivity contribution >= 4 is 5.91 Å². The minimum Gasteiger partial charge on any atom is -0.496 e. The van der Waals surface area contributed by atoms with Crippen LogP contribution in [-0.2, 0) is 0 Å². The number of amides is 1. The molecule has 1 aromatic heterocycles. The van der Waals surface area contributed by atoms with Crippen molar-refractivity contribution in [3.63, 3.8) is 0 Å². The molecule has 0 aliphatic rings. The largest absolute Gasteiger partial charge is 0.496 e. The molecule has 1 unspecified atom stereocenters. The number of nitrogens with one attached hydrogen (secondary N) is 1. The first kappa shape index (κ1) is 15.7. The summed E-state index contributed by atoms with van der Waals surface area (Å²) in [5.41, 5.74) is 1.64. The number of methoxy groups -OCH3 is 1. The fourth-order valence-electron chi connectivity index (χ4n) is 2.33. The van der Waals surface area contributed by atoms with E-state index in [1.54, 1.807) is 19.2 Å². The van der Waals surface area contributed by atoms with Crippen molar-refractivity contribution < 1.29 is 13.9 Å². The Hall–Kier alpha value is -3.15. The Morgan fingerprint density at radius 1 is 1.08 bits per heavy atom. The molecule has 0 aliphatic carbocycles. The minimum absolute atomic E-state index is 0.0845. The van der Waals surface area contributed by atoms with Gasteiger partial charge in [0.15, 0.2) is 0 Å². The van der Waals surface area contributed by atoms with E-state index < -0.39 is 5.91 Å². The van der Waals surface area contributed by atoms with Gasteiger partial charge < -0.3 is 14.5 Å². The summed E-state index contributed by atoms with van der Waals surface area (Å²) in [5.74, 6) is 0.342. The van der Waals surface area contributed by atoms with E-state index in [0.717, 1.165) is 5.56 Å². The predicted octanol–water partition coefficient (Wildman–Crippen LogP) is 3.24. The smallest absolute Gasteiger partial charge is 0.309 e. The molecule has 6 nitrogen and oxygen atoms in total. The Bertz CT molecular complexity index is 830. The van der Waals surface area contributed by atoms with Crippen molar-refractivity contribution in [1.29, 1.82) is 0 Å². The fourth-order valence-corrected chi connectivity index (χ4v) is 2.33. The zero-order chi connectivity index (χ0) is 16.9. The molecule has 1 atom stereocenters. The summed E-state index contributed by atoms with van der Waals surface area (Å²) >= 11 is 0. The van der Waals surface area contributed by atoms with E-state index in [1.807, 2.05) is 49.4 Å². The van der Waals surface area contributed by atoms with Crippen LogP contribution in [0, 0.1) is 0 Å². The average Bonchev–Trinajstić information content (AvgIpc) is 3.12. The summed E-state index contributed by atoms with van der Waals surface area (Å²) in [4.78, 5) is 12.3. The zero-order valence-electron chi connectivity index (χ0n) is 13.4. The molecule has 0 spiro atoms. The van der Waals surface area contributed by atoms with Gasteiger partial charge in [-0.1, -0.05) is 42.5 Å². The lowest BCUT2D eigenvalue weighted by Gasteiger charge is -2.12. The van der Waals surface area contributed by atoms with Gasteiger partial charge in [-0.15, -0.1) is 10.2 Å². The van der Waals surface area contributed by atoms with Crippen molar-refractivity contribution in [2.45, 2.75) is 13.0 Å². The third kappa shape index (κ3) is 3.27. The van der Waals surface area contributed by atoms with Crippen LogP contribution in [0.15, 0.2) is 59.0 Å². The third-order valence-electron chi connectivity index (χ3n) is 3.60. The Kier molecular flexibility index (Phi) is 4.56. The van der Waals surface area contributed by atoms with Crippen LogP contribution >= 0.6 is 0 Å². The van der Waals surface area contributed by atoms with Crippen LogP contribution < -0.4 is 10.1 Å². The predicted molar refractivity (Wildman–Crippen MR) is 88.6 cm³/mol. The first-order valence-corrected chi connectivity index (χ1v) is 7.51. The van der Waals surface area contributed by atoms with Gasteiger partial charge in [0, 0.05) is 0 Å². The molecule has 1 amide bonds.